The van der Waals surface area contributed by atoms with E-state index < -0.39 is 14.9 Å². The van der Waals surface area contributed by atoms with E-state index >= 15 is 0 Å². The molecule has 0 unspecified atom stereocenters. The minimum absolute atomic E-state index is 0.0334. The molecular weight excluding hydrogens is 444 g/mol. The minimum atomic E-state index is -3.72. The molecule has 0 spiro atoms. The van der Waals surface area contributed by atoms with Crippen molar-refractivity contribution in [2.24, 2.45) is 0 Å². The summed E-state index contributed by atoms with van der Waals surface area (Å²) >= 11 is 0. The minimum Gasteiger partial charge on any atom is -0.497 e. The molecule has 2 heterocycles. The maximum atomic E-state index is 12.9. The summed E-state index contributed by atoms with van der Waals surface area (Å²) in [7, 11) is -2.10. The number of benzene rings is 2. The number of hydrogen-bond donors (Lipinski definition) is 1. The summed E-state index contributed by atoms with van der Waals surface area (Å²) in [5.41, 5.74) is 1.18. The summed E-state index contributed by atoms with van der Waals surface area (Å²) in [4.78, 5) is 13.6. The second kappa shape index (κ2) is 10.1. The SMILES string of the molecule is COc1ccc([C@@H](CNc2ccc(S(=O)(=O)N3CCCC3)cc2[N+](=O)[O-])N2CCCC2)cc1. The number of nitrogens with zero attached hydrogens (tertiary/aromatic N) is 3. The Morgan fingerprint density at radius 1 is 1.03 bits per heavy atom. The molecule has 1 atom stereocenters. The summed E-state index contributed by atoms with van der Waals surface area (Å²) in [6.07, 6.45) is 3.86. The zero-order chi connectivity index (χ0) is 23.4. The van der Waals surface area contributed by atoms with Gasteiger partial charge in [-0.05, 0) is 68.6 Å². The second-order valence-electron chi connectivity index (χ2n) is 8.46. The van der Waals surface area contributed by atoms with E-state index in [2.05, 4.69) is 10.2 Å². The molecule has 2 saturated heterocycles. The maximum absolute atomic E-state index is 12.9. The lowest BCUT2D eigenvalue weighted by atomic mass is 10.0. The highest BCUT2D eigenvalue weighted by molar-refractivity contribution is 7.89. The van der Waals surface area contributed by atoms with E-state index in [-0.39, 0.29) is 16.6 Å². The van der Waals surface area contributed by atoms with Crippen molar-refractivity contribution in [3.63, 3.8) is 0 Å². The van der Waals surface area contributed by atoms with Crippen LogP contribution in [0.5, 0.6) is 5.75 Å². The third-order valence-corrected chi connectivity index (χ3v) is 8.33. The molecule has 0 aromatic heterocycles. The van der Waals surface area contributed by atoms with Crippen LogP contribution in [-0.2, 0) is 10.0 Å². The molecule has 1 N–H and O–H groups in total. The molecule has 0 saturated carbocycles. The van der Waals surface area contributed by atoms with E-state index in [0.717, 1.165) is 50.1 Å². The van der Waals surface area contributed by atoms with Gasteiger partial charge in [0.2, 0.25) is 10.0 Å². The first-order valence-electron chi connectivity index (χ1n) is 11.3. The van der Waals surface area contributed by atoms with Crippen molar-refractivity contribution < 1.29 is 18.1 Å². The molecule has 10 heteroatoms. The van der Waals surface area contributed by atoms with Gasteiger partial charge in [0.15, 0.2) is 0 Å². The number of anilines is 1. The van der Waals surface area contributed by atoms with Crippen molar-refractivity contribution >= 4 is 21.4 Å². The summed E-state index contributed by atoms with van der Waals surface area (Å²) in [6, 6.07) is 12.0. The number of ether oxygens (including phenoxy) is 1. The molecule has 2 aliphatic rings. The molecule has 178 valence electrons. The lowest BCUT2D eigenvalue weighted by Gasteiger charge is -2.28. The van der Waals surface area contributed by atoms with Gasteiger partial charge in [0.1, 0.15) is 11.4 Å². The van der Waals surface area contributed by atoms with Gasteiger partial charge in [0, 0.05) is 25.7 Å². The van der Waals surface area contributed by atoms with Gasteiger partial charge in [-0.1, -0.05) is 12.1 Å². The van der Waals surface area contributed by atoms with E-state index in [0.29, 0.717) is 25.3 Å². The molecule has 0 bridgehead atoms. The van der Waals surface area contributed by atoms with E-state index in [9.17, 15) is 18.5 Å². The van der Waals surface area contributed by atoms with Crippen molar-refractivity contribution in [1.82, 2.24) is 9.21 Å². The average molecular weight is 475 g/mol. The molecule has 0 aliphatic carbocycles. The number of nitro benzene ring substituents is 1. The van der Waals surface area contributed by atoms with Gasteiger partial charge in [-0.2, -0.15) is 4.31 Å². The molecule has 33 heavy (non-hydrogen) atoms. The van der Waals surface area contributed by atoms with Crippen LogP contribution in [0.3, 0.4) is 0 Å². The Hall–Kier alpha value is -2.69. The highest BCUT2D eigenvalue weighted by atomic mass is 32.2. The van der Waals surface area contributed by atoms with Crippen LogP contribution in [0.2, 0.25) is 0 Å². The van der Waals surface area contributed by atoms with E-state index in [4.69, 9.17) is 4.74 Å². The fourth-order valence-corrected chi connectivity index (χ4v) is 6.13. The molecule has 2 fully saturated rings. The van der Waals surface area contributed by atoms with Crippen LogP contribution < -0.4 is 10.1 Å². The fraction of sp³-hybridized carbons (Fsp3) is 0.478. The Labute approximate surface area is 194 Å². The Morgan fingerprint density at radius 3 is 2.27 bits per heavy atom. The first kappa shape index (κ1) is 23.5. The van der Waals surface area contributed by atoms with Gasteiger partial charge in [0.05, 0.1) is 23.0 Å². The topological polar surface area (TPSA) is 105 Å². The summed E-state index contributed by atoms with van der Waals surface area (Å²) < 4.78 is 32.4. The van der Waals surface area contributed by atoms with Crippen LogP contribution in [0.1, 0.15) is 37.3 Å². The summed E-state index contributed by atoms with van der Waals surface area (Å²) in [6.45, 7) is 3.30. The molecule has 4 rings (SSSR count). The number of rotatable bonds is 9. The van der Waals surface area contributed by atoms with Crippen LogP contribution in [0, 0.1) is 10.1 Å². The van der Waals surface area contributed by atoms with Crippen LogP contribution in [0.25, 0.3) is 0 Å². The smallest absolute Gasteiger partial charge is 0.293 e. The Morgan fingerprint density at radius 2 is 1.67 bits per heavy atom. The standard InChI is InChI=1S/C23H30N4O5S/c1-32-19-8-6-18(7-9-19)23(25-12-2-3-13-25)17-24-21-11-10-20(16-22(21)27(28)29)33(30,31)26-14-4-5-15-26/h6-11,16,23-24H,2-5,12-15,17H2,1H3/t23-/m1/s1. The number of hydrogen-bond acceptors (Lipinski definition) is 7. The molecule has 0 amide bonds. The van der Waals surface area contributed by atoms with Crippen molar-refractivity contribution in [3.05, 3.63) is 58.1 Å². The molecule has 2 aliphatic heterocycles. The Kier molecular flexibility index (Phi) is 7.16. The van der Waals surface area contributed by atoms with Gasteiger partial charge < -0.3 is 10.1 Å². The number of sulfonamides is 1. The maximum Gasteiger partial charge on any atom is 0.293 e. The Bertz CT molecular complexity index is 1080. The summed E-state index contributed by atoms with van der Waals surface area (Å²) in [5, 5.41) is 15.0. The largest absolute Gasteiger partial charge is 0.497 e. The molecule has 2 aromatic rings. The number of likely N-dealkylation sites (tertiary alicyclic amines) is 1. The highest BCUT2D eigenvalue weighted by Crippen LogP contribution is 2.32. The zero-order valence-corrected chi connectivity index (χ0v) is 19.6. The van der Waals surface area contributed by atoms with Crippen LogP contribution in [-0.4, -0.2) is 62.4 Å². The average Bonchev–Trinajstić information content (AvgIpc) is 3.54. The lowest BCUT2D eigenvalue weighted by Crippen LogP contribution is -2.31. The second-order valence-corrected chi connectivity index (χ2v) is 10.4. The third kappa shape index (κ3) is 5.13. The van der Waals surface area contributed by atoms with Crippen LogP contribution in [0.4, 0.5) is 11.4 Å². The van der Waals surface area contributed by atoms with Crippen molar-refractivity contribution in [3.8, 4) is 5.75 Å². The summed E-state index contributed by atoms with van der Waals surface area (Å²) in [5.74, 6) is 0.775. The Balaban J connectivity index is 1.57. The third-order valence-electron chi connectivity index (χ3n) is 6.44. The highest BCUT2D eigenvalue weighted by Gasteiger charge is 2.30. The normalized spacial score (nSPS) is 18.3. The first-order valence-corrected chi connectivity index (χ1v) is 12.7. The van der Waals surface area contributed by atoms with E-state index in [1.165, 1.54) is 22.5 Å². The predicted octanol–water partition coefficient (Wildman–Crippen LogP) is 3.64. The van der Waals surface area contributed by atoms with Gasteiger partial charge in [-0.15, -0.1) is 0 Å². The van der Waals surface area contributed by atoms with Gasteiger partial charge >= 0.3 is 0 Å². The quantitative estimate of drug-likeness (QED) is 0.437. The van der Waals surface area contributed by atoms with Gasteiger partial charge in [-0.3, -0.25) is 15.0 Å². The lowest BCUT2D eigenvalue weighted by molar-refractivity contribution is -0.384. The monoisotopic (exact) mass is 474 g/mol. The fourth-order valence-electron chi connectivity index (χ4n) is 4.59. The van der Waals surface area contributed by atoms with E-state index in [1.807, 2.05) is 24.3 Å². The number of nitrogens with one attached hydrogen (secondary N) is 1. The number of nitro groups is 1. The first-order chi connectivity index (χ1) is 15.9. The molecule has 9 nitrogen and oxygen atoms in total. The molecular formula is C23H30N4O5S. The zero-order valence-electron chi connectivity index (χ0n) is 18.8. The molecule has 0 radical (unpaired) electrons. The van der Waals surface area contributed by atoms with Crippen molar-refractivity contribution in [2.75, 3.05) is 45.2 Å². The van der Waals surface area contributed by atoms with Gasteiger partial charge in [-0.25, -0.2) is 8.42 Å². The van der Waals surface area contributed by atoms with E-state index in [1.54, 1.807) is 7.11 Å². The van der Waals surface area contributed by atoms with Crippen molar-refractivity contribution in [2.45, 2.75) is 36.6 Å². The number of methoxy groups -OCH3 is 1. The molecule has 2 aromatic carbocycles. The van der Waals surface area contributed by atoms with Crippen molar-refractivity contribution in [1.29, 1.82) is 0 Å². The van der Waals surface area contributed by atoms with Gasteiger partial charge in [0.25, 0.3) is 5.69 Å². The van der Waals surface area contributed by atoms with Crippen LogP contribution >= 0.6 is 0 Å². The predicted molar refractivity (Wildman–Crippen MR) is 126 cm³/mol. The van der Waals surface area contributed by atoms with Crippen LogP contribution in [0.15, 0.2) is 47.4 Å².